The highest BCUT2D eigenvalue weighted by atomic mass is 32.2. The van der Waals surface area contributed by atoms with E-state index in [1.54, 1.807) is 21.8 Å². The minimum Gasteiger partial charge on any atom is -0.295 e. The Morgan fingerprint density at radius 1 is 1.15 bits per heavy atom. The van der Waals surface area contributed by atoms with Gasteiger partial charge in [-0.2, -0.15) is 4.31 Å². The molecule has 0 spiro atoms. The van der Waals surface area contributed by atoms with E-state index in [1.807, 2.05) is 30.5 Å². The van der Waals surface area contributed by atoms with Crippen LogP contribution in [0.15, 0.2) is 34.0 Å². The third-order valence-electron chi connectivity index (χ3n) is 4.62. The summed E-state index contributed by atoms with van der Waals surface area (Å²) in [6.45, 7) is 7.12. The smallest absolute Gasteiger partial charge is 0.252 e. The highest BCUT2D eigenvalue weighted by molar-refractivity contribution is 7.91. The molecule has 0 aromatic carbocycles. The zero-order chi connectivity index (χ0) is 18.3. The first-order valence-electron chi connectivity index (χ1n) is 8.52. The van der Waals surface area contributed by atoms with Gasteiger partial charge in [-0.05, 0) is 31.4 Å². The first-order chi connectivity index (χ1) is 12.4. The molecule has 9 heteroatoms. The molecule has 0 N–H and O–H groups in total. The number of imidazole rings is 1. The SMILES string of the molecule is Cc1cc(C)n2cc(CN3CCN(S(=O)(=O)c4cccs4)CC3)nc2n1. The molecule has 0 amide bonds. The fourth-order valence-corrected chi connectivity index (χ4v) is 5.86. The molecule has 1 saturated heterocycles. The van der Waals surface area contributed by atoms with Crippen LogP contribution in [0.2, 0.25) is 0 Å². The van der Waals surface area contributed by atoms with Gasteiger partial charge < -0.3 is 0 Å². The Balaban J connectivity index is 1.44. The van der Waals surface area contributed by atoms with Crippen molar-refractivity contribution in [3.8, 4) is 0 Å². The number of aryl methyl sites for hydroxylation is 2. The van der Waals surface area contributed by atoms with Gasteiger partial charge in [0.25, 0.3) is 10.0 Å². The third-order valence-corrected chi connectivity index (χ3v) is 7.89. The van der Waals surface area contributed by atoms with Crippen LogP contribution in [0.4, 0.5) is 0 Å². The second-order valence-electron chi connectivity index (χ2n) is 6.55. The van der Waals surface area contributed by atoms with E-state index in [1.165, 1.54) is 11.3 Å². The van der Waals surface area contributed by atoms with Gasteiger partial charge in [0, 0.05) is 50.3 Å². The Morgan fingerprint density at radius 2 is 1.92 bits per heavy atom. The van der Waals surface area contributed by atoms with Crippen LogP contribution in [-0.4, -0.2) is 58.2 Å². The standard InChI is InChI=1S/C17H21N5O2S2/c1-13-10-14(2)22-12-15(19-17(22)18-13)11-20-5-7-21(8-6-20)26(23,24)16-4-3-9-25-16/h3-4,9-10,12H,5-8,11H2,1-2H3. The molecule has 0 aliphatic carbocycles. The van der Waals surface area contributed by atoms with Crippen LogP contribution in [0, 0.1) is 13.8 Å². The van der Waals surface area contributed by atoms with Gasteiger partial charge >= 0.3 is 0 Å². The topological polar surface area (TPSA) is 70.8 Å². The summed E-state index contributed by atoms with van der Waals surface area (Å²) in [5.41, 5.74) is 3.03. The summed E-state index contributed by atoms with van der Waals surface area (Å²) in [5, 5.41) is 1.80. The second-order valence-corrected chi connectivity index (χ2v) is 9.67. The lowest BCUT2D eigenvalue weighted by molar-refractivity contribution is 0.180. The highest BCUT2D eigenvalue weighted by Gasteiger charge is 2.29. The Hall–Kier alpha value is -1.81. The number of hydrogen-bond donors (Lipinski definition) is 0. The van der Waals surface area contributed by atoms with E-state index in [2.05, 4.69) is 14.9 Å². The van der Waals surface area contributed by atoms with Crippen LogP contribution >= 0.6 is 11.3 Å². The van der Waals surface area contributed by atoms with Crippen molar-refractivity contribution in [3.05, 3.63) is 46.9 Å². The fraction of sp³-hybridized carbons (Fsp3) is 0.412. The number of thiophene rings is 1. The normalized spacial score (nSPS) is 17.2. The van der Waals surface area contributed by atoms with Crippen LogP contribution in [0.3, 0.4) is 0 Å². The number of nitrogens with zero attached hydrogens (tertiary/aromatic N) is 5. The molecule has 1 fully saturated rings. The molecule has 1 aliphatic rings. The van der Waals surface area contributed by atoms with E-state index in [0.717, 1.165) is 22.9 Å². The quantitative estimate of drug-likeness (QED) is 0.679. The number of piperazine rings is 1. The molecule has 0 saturated carbocycles. The molecular weight excluding hydrogens is 370 g/mol. The van der Waals surface area contributed by atoms with Crippen molar-refractivity contribution in [3.63, 3.8) is 0 Å². The van der Waals surface area contributed by atoms with Crippen molar-refractivity contribution in [1.29, 1.82) is 0 Å². The molecule has 1 aliphatic heterocycles. The summed E-state index contributed by atoms with van der Waals surface area (Å²) in [6.07, 6.45) is 2.02. The summed E-state index contributed by atoms with van der Waals surface area (Å²) in [7, 11) is -3.35. The van der Waals surface area contributed by atoms with Gasteiger partial charge in [-0.25, -0.2) is 18.4 Å². The Morgan fingerprint density at radius 3 is 2.62 bits per heavy atom. The fourth-order valence-electron chi connectivity index (χ4n) is 3.29. The van der Waals surface area contributed by atoms with Crippen molar-refractivity contribution in [2.75, 3.05) is 26.2 Å². The van der Waals surface area contributed by atoms with Gasteiger partial charge in [0.1, 0.15) is 4.21 Å². The average Bonchev–Trinajstić information content (AvgIpc) is 3.25. The second kappa shape index (κ2) is 6.73. The summed E-state index contributed by atoms with van der Waals surface area (Å²) in [6, 6.07) is 5.47. The molecule has 4 heterocycles. The maximum Gasteiger partial charge on any atom is 0.252 e. The molecule has 26 heavy (non-hydrogen) atoms. The van der Waals surface area contributed by atoms with Crippen molar-refractivity contribution in [2.24, 2.45) is 0 Å². The Labute approximate surface area is 157 Å². The predicted octanol–water partition coefficient (Wildman–Crippen LogP) is 1.91. The van der Waals surface area contributed by atoms with Crippen LogP contribution in [0.1, 0.15) is 17.1 Å². The lowest BCUT2D eigenvalue weighted by Crippen LogP contribution is -2.48. The van der Waals surface area contributed by atoms with Crippen LogP contribution in [0.25, 0.3) is 5.78 Å². The molecule has 0 atom stereocenters. The Kier molecular flexibility index (Phi) is 4.55. The van der Waals surface area contributed by atoms with Crippen LogP contribution in [-0.2, 0) is 16.6 Å². The molecular formula is C17H21N5O2S2. The first kappa shape index (κ1) is 17.6. The van der Waals surface area contributed by atoms with Gasteiger partial charge in [-0.3, -0.25) is 9.30 Å². The minimum absolute atomic E-state index is 0.420. The summed E-state index contributed by atoms with van der Waals surface area (Å²) >= 11 is 1.27. The third kappa shape index (κ3) is 3.27. The lowest BCUT2D eigenvalue weighted by atomic mass is 10.3. The van der Waals surface area contributed by atoms with Crippen molar-refractivity contribution in [2.45, 2.75) is 24.6 Å². The Bertz CT molecular complexity index is 1020. The lowest BCUT2D eigenvalue weighted by Gasteiger charge is -2.33. The molecule has 0 bridgehead atoms. The molecule has 0 radical (unpaired) electrons. The highest BCUT2D eigenvalue weighted by Crippen LogP contribution is 2.22. The average molecular weight is 392 g/mol. The molecule has 138 valence electrons. The zero-order valence-corrected chi connectivity index (χ0v) is 16.4. The molecule has 0 unspecified atom stereocenters. The van der Waals surface area contributed by atoms with Gasteiger partial charge in [-0.15, -0.1) is 11.3 Å². The van der Waals surface area contributed by atoms with Crippen molar-refractivity contribution in [1.82, 2.24) is 23.6 Å². The molecule has 7 nitrogen and oxygen atoms in total. The van der Waals surface area contributed by atoms with Gasteiger partial charge in [-0.1, -0.05) is 6.07 Å². The van der Waals surface area contributed by atoms with Crippen LogP contribution < -0.4 is 0 Å². The van der Waals surface area contributed by atoms with E-state index < -0.39 is 10.0 Å². The van der Waals surface area contributed by atoms with Crippen molar-refractivity contribution < 1.29 is 8.42 Å². The largest absolute Gasteiger partial charge is 0.295 e. The van der Waals surface area contributed by atoms with Crippen LogP contribution in [0.5, 0.6) is 0 Å². The number of hydrogen-bond acceptors (Lipinski definition) is 6. The van der Waals surface area contributed by atoms with Gasteiger partial charge in [0.05, 0.1) is 5.69 Å². The summed E-state index contributed by atoms with van der Waals surface area (Å²) in [5.74, 6) is 0.719. The van der Waals surface area contributed by atoms with E-state index in [9.17, 15) is 8.42 Å². The van der Waals surface area contributed by atoms with Gasteiger partial charge in [0.2, 0.25) is 5.78 Å². The number of aromatic nitrogens is 3. The molecule has 4 rings (SSSR count). The maximum atomic E-state index is 12.6. The number of rotatable bonds is 4. The van der Waals surface area contributed by atoms with E-state index >= 15 is 0 Å². The van der Waals surface area contributed by atoms with E-state index in [0.29, 0.717) is 36.9 Å². The molecule has 3 aromatic heterocycles. The number of fused-ring (bicyclic) bond motifs is 1. The minimum atomic E-state index is -3.35. The zero-order valence-electron chi connectivity index (χ0n) is 14.8. The summed E-state index contributed by atoms with van der Waals surface area (Å²) in [4.78, 5) is 11.3. The molecule has 3 aromatic rings. The van der Waals surface area contributed by atoms with Crippen molar-refractivity contribution >= 4 is 27.1 Å². The van der Waals surface area contributed by atoms with Gasteiger partial charge in [0.15, 0.2) is 0 Å². The predicted molar refractivity (Wildman–Crippen MR) is 101 cm³/mol. The van der Waals surface area contributed by atoms with E-state index in [4.69, 9.17) is 0 Å². The first-order valence-corrected chi connectivity index (χ1v) is 10.8. The maximum absolute atomic E-state index is 12.6. The summed E-state index contributed by atoms with van der Waals surface area (Å²) < 4.78 is 29.2. The van der Waals surface area contributed by atoms with E-state index in [-0.39, 0.29) is 0 Å². The monoisotopic (exact) mass is 391 g/mol. The number of sulfonamides is 1.